The molecule has 0 unspecified atom stereocenters. The van der Waals surface area contributed by atoms with E-state index in [4.69, 9.17) is 4.74 Å². The maximum Gasteiger partial charge on any atom is 0.330 e. The maximum atomic E-state index is 11.1. The zero-order valence-electron chi connectivity index (χ0n) is 8.54. The van der Waals surface area contributed by atoms with Crippen molar-refractivity contribution < 1.29 is 14.6 Å². The summed E-state index contributed by atoms with van der Waals surface area (Å²) in [5.74, 6) is -0.254. The Bertz CT molecular complexity index is 404. The van der Waals surface area contributed by atoms with Gasteiger partial charge in [-0.2, -0.15) is 0 Å². The normalized spacial score (nSPS) is 10.7. The number of ether oxygens (including phenoxy) is 1. The Morgan fingerprint density at radius 1 is 1.44 bits per heavy atom. The molecule has 0 aromatic heterocycles. The van der Waals surface area contributed by atoms with Crippen LogP contribution in [-0.4, -0.2) is 17.7 Å². The van der Waals surface area contributed by atoms with Crippen LogP contribution in [0.3, 0.4) is 0 Å². The number of benzene rings is 1. The number of hydrogen-bond acceptors (Lipinski definition) is 3. The third kappa shape index (κ3) is 3.64. The Labute approximate surface area is 110 Å². The van der Waals surface area contributed by atoms with E-state index < -0.39 is 0 Å². The third-order valence-electron chi connectivity index (χ3n) is 1.74. The number of halogens is 2. The van der Waals surface area contributed by atoms with Crippen LogP contribution in [0.5, 0.6) is 5.75 Å². The Kier molecular flexibility index (Phi) is 5.02. The van der Waals surface area contributed by atoms with Gasteiger partial charge in [0.1, 0.15) is 5.75 Å². The number of carbonyl (C=O) groups is 1. The van der Waals surface area contributed by atoms with Crippen molar-refractivity contribution in [3.05, 3.63) is 32.7 Å². The maximum absolute atomic E-state index is 11.1. The van der Waals surface area contributed by atoms with Crippen LogP contribution < -0.4 is 0 Å². The van der Waals surface area contributed by atoms with Crippen molar-refractivity contribution in [1.29, 1.82) is 0 Å². The quantitative estimate of drug-likeness (QED) is 0.671. The summed E-state index contributed by atoms with van der Waals surface area (Å²) in [5, 5.41) is 9.48. The molecule has 0 aliphatic heterocycles. The van der Waals surface area contributed by atoms with Crippen molar-refractivity contribution in [1.82, 2.24) is 0 Å². The summed E-state index contributed by atoms with van der Waals surface area (Å²) in [6.07, 6.45) is 2.96. The van der Waals surface area contributed by atoms with Gasteiger partial charge in [0.2, 0.25) is 0 Å². The van der Waals surface area contributed by atoms with E-state index in [0.29, 0.717) is 15.6 Å². The minimum atomic E-state index is -0.386. The number of aromatic hydroxyl groups is 1. The molecule has 1 aromatic carbocycles. The molecular formula is C11H10Br2O3. The molecule has 0 radical (unpaired) electrons. The van der Waals surface area contributed by atoms with Gasteiger partial charge in [0.05, 0.1) is 15.6 Å². The lowest BCUT2D eigenvalue weighted by Crippen LogP contribution is -1.98. The van der Waals surface area contributed by atoms with Crippen molar-refractivity contribution in [3.63, 3.8) is 0 Å². The number of phenols is 1. The van der Waals surface area contributed by atoms with Crippen LogP contribution in [0.25, 0.3) is 6.08 Å². The van der Waals surface area contributed by atoms with Gasteiger partial charge in [-0.3, -0.25) is 0 Å². The molecular weight excluding hydrogens is 340 g/mol. The summed E-state index contributed by atoms with van der Waals surface area (Å²) < 4.78 is 5.87. The lowest BCUT2D eigenvalue weighted by molar-refractivity contribution is -0.137. The van der Waals surface area contributed by atoms with E-state index in [1.165, 1.54) is 6.08 Å². The molecule has 0 bridgehead atoms. The SMILES string of the molecule is CCOC(=O)C=Cc1cc(Br)c(O)c(Br)c1. The molecule has 86 valence electrons. The average molecular weight is 350 g/mol. The molecule has 5 heteroatoms. The van der Waals surface area contributed by atoms with E-state index in [-0.39, 0.29) is 11.7 Å². The van der Waals surface area contributed by atoms with E-state index in [2.05, 4.69) is 31.9 Å². The molecule has 0 amide bonds. The standard InChI is InChI=1S/C11H10Br2O3/c1-2-16-10(14)4-3-7-5-8(12)11(15)9(13)6-7/h3-6,15H,2H2,1H3. The van der Waals surface area contributed by atoms with Gasteiger partial charge in [0.15, 0.2) is 0 Å². The lowest BCUT2D eigenvalue weighted by Gasteiger charge is -2.02. The third-order valence-corrected chi connectivity index (χ3v) is 2.95. The fourth-order valence-electron chi connectivity index (χ4n) is 1.04. The number of carbonyl (C=O) groups excluding carboxylic acids is 1. The van der Waals surface area contributed by atoms with Gasteiger partial charge in [-0.15, -0.1) is 0 Å². The van der Waals surface area contributed by atoms with Crippen LogP contribution in [0, 0.1) is 0 Å². The molecule has 1 N–H and O–H groups in total. The predicted molar refractivity (Wildman–Crippen MR) is 69.2 cm³/mol. The van der Waals surface area contributed by atoms with Crippen molar-refractivity contribution in [2.24, 2.45) is 0 Å². The monoisotopic (exact) mass is 348 g/mol. The molecule has 0 fully saturated rings. The van der Waals surface area contributed by atoms with Gasteiger partial charge < -0.3 is 9.84 Å². The zero-order chi connectivity index (χ0) is 12.1. The van der Waals surface area contributed by atoms with E-state index in [0.717, 1.165) is 5.56 Å². The summed E-state index contributed by atoms with van der Waals surface area (Å²) in [5.41, 5.74) is 0.782. The smallest absolute Gasteiger partial charge is 0.330 e. The van der Waals surface area contributed by atoms with Crippen LogP contribution in [0.1, 0.15) is 12.5 Å². The van der Waals surface area contributed by atoms with Crippen LogP contribution in [-0.2, 0) is 9.53 Å². The number of phenolic OH excluding ortho intramolecular Hbond substituents is 1. The van der Waals surface area contributed by atoms with Crippen LogP contribution in [0.2, 0.25) is 0 Å². The molecule has 0 saturated carbocycles. The molecule has 1 aromatic rings. The fourth-order valence-corrected chi connectivity index (χ4v) is 2.26. The Hall–Kier alpha value is -0.810. The molecule has 1 rings (SSSR count). The first-order chi connectivity index (χ1) is 7.54. The molecule has 16 heavy (non-hydrogen) atoms. The second-order valence-corrected chi connectivity index (χ2v) is 4.63. The van der Waals surface area contributed by atoms with E-state index in [1.54, 1.807) is 25.1 Å². The summed E-state index contributed by atoms with van der Waals surface area (Å²) >= 11 is 6.41. The Morgan fingerprint density at radius 2 is 2.00 bits per heavy atom. The minimum Gasteiger partial charge on any atom is -0.506 e. The van der Waals surface area contributed by atoms with Crippen molar-refractivity contribution >= 4 is 43.9 Å². The van der Waals surface area contributed by atoms with E-state index in [9.17, 15) is 9.90 Å². The second-order valence-electron chi connectivity index (χ2n) is 2.92. The Morgan fingerprint density at radius 3 is 2.50 bits per heavy atom. The molecule has 0 atom stereocenters. The van der Waals surface area contributed by atoms with Crippen LogP contribution in [0.15, 0.2) is 27.2 Å². The summed E-state index contributed by atoms with van der Waals surface area (Å²) in [7, 11) is 0. The van der Waals surface area contributed by atoms with E-state index in [1.807, 2.05) is 0 Å². The van der Waals surface area contributed by atoms with Crippen LogP contribution in [0.4, 0.5) is 0 Å². The van der Waals surface area contributed by atoms with Crippen molar-refractivity contribution in [2.75, 3.05) is 6.61 Å². The van der Waals surface area contributed by atoms with Crippen LogP contribution >= 0.6 is 31.9 Å². The first-order valence-corrected chi connectivity index (χ1v) is 6.16. The van der Waals surface area contributed by atoms with Gasteiger partial charge in [0, 0.05) is 6.08 Å². The summed E-state index contributed by atoms with van der Waals surface area (Å²) in [4.78, 5) is 11.1. The number of hydrogen-bond donors (Lipinski definition) is 1. The average Bonchev–Trinajstić information content (AvgIpc) is 2.23. The molecule has 0 spiro atoms. The predicted octanol–water partition coefficient (Wildman–Crippen LogP) is 3.49. The first-order valence-electron chi connectivity index (χ1n) is 4.57. The highest BCUT2D eigenvalue weighted by atomic mass is 79.9. The number of esters is 1. The largest absolute Gasteiger partial charge is 0.506 e. The molecule has 0 saturated heterocycles. The summed E-state index contributed by atoms with van der Waals surface area (Å²) in [6.45, 7) is 2.10. The first kappa shape index (κ1) is 13.3. The van der Waals surface area contributed by atoms with Gasteiger partial charge in [-0.1, -0.05) is 0 Å². The van der Waals surface area contributed by atoms with Gasteiger partial charge >= 0.3 is 5.97 Å². The van der Waals surface area contributed by atoms with Crippen molar-refractivity contribution in [2.45, 2.75) is 6.92 Å². The van der Waals surface area contributed by atoms with Gasteiger partial charge in [-0.25, -0.2) is 4.79 Å². The molecule has 0 aliphatic carbocycles. The highest BCUT2D eigenvalue weighted by molar-refractivity contribution is 9.11. The van der Waals surface area contributed by atoms with Gasteiger partial charge in [0.25, 0.3) is 0 Å². The molecule has 0 aliphatic rings. The zero-order valence-corrected chi connectivity index (χ0v) is 11.7. The second kappa shape index (κ2) is 6.06. The van der Waals surface area contributed by atoms with E-state index >= 15 is 0 Å². The minimum absolute atomic E-state index is 0.133. The fraction of sp³-hybridized carbons (Fsp3) is 0.182. The highest BCUT2D eigenvalue weighted by Gasteiger charge is 2.04. The van der Waals surface area contributed by atoms with Gasteiger partial charge in [-0.05, 0) is 62.6 Å². The van der Waals surface area contributed by atoms with Crippen molar-refractivity contribution in [3.8, 4) is 5.75 Å². The lowest BCUT2D eigenvalue weighted by atomic mass is 10.2. The summed E-state index contributed by atoms with van der Waals surface area (Å²) in [6, 6.07) is 3.41. The molecule has 0 heterocycles. The Balaban J connectivity index is 2.86. The highest BCUT2D eigenvalue weighted by Crippen LogP contribution is 2.33. The topological polar surface area (TPSA) is 46.5 Å². The number of rotatable bonds is 3. The molecule has 3 nitrogen and oxygen atoms in total.